The van der Waals surface area contributed by atoms with E-state index in [4.69, 9.17) is 0 Å². The zero-order valence-electron chi connectivity index (χ0n) is 15.9. The number of aromatic nitrogens is 3. The van der Waals surface area contributed by atoms with E-state index in [0.717, 1.165) is 24.1 Å². The van der Waals surface area contributed by atoms with E-state index in [1.54, 1.807) is 24.5 Å². The van der Waals surface area contributed by atoms with Crippen LogP contribution in [0.2, 0.25) is 0 Å². The molecular formula is C22H24N4O. The van der Waals surface area contributed by atoms with Gasteiger partial charge in [0.2, 0.25) is 0 Å². The molecular weight excluding hydrogens is 336 g/mol. The number of nitrogens with zero attached hydrogens (tertiary/aromatic N) is 3. The van der Waals surface area contributed by atoms with Gasteiger partial charge in [-0.05, 0) is 49.4 Å². The molecule has 0 aliphatic heterocycles. The molecule has 27 heavy (non-hydrogen) atoms. The number of nitrogens with one attached hydrogen (secondary N) is 1. The minimum absolute atomic E-state index is 0.0522. The Labute approximate surface area is 159 Å². The lowest BCUT2D eigenvalue weighted by atomic mass is 9.74. The number of aryl methyl sites for hydroxylation is 1. The zero-order chi connectivity index (χ0) is 19.0. The first-order valence-corrected chi connectivity index (χ1v) is 9.28. The van der Waals surface area contributed by atoms with E-state index in [1.165, 1.54) is 11.3 Å². The van der Waals surface area contributed by atoms with Crippen molar-refractivity contribution in [3.63, 3.8) is 0 Å². The molecule has 1 aliphatic carbocycles. The standard InChI is InChI=1S/C22H24N4O/c1-15-4-6-17(7-5-15)26-20-13-22(2,3)12-19(18(20)14-24-26)25-21(27)16-8-10-23-11-9-16/h4-11,14,19H,12-13H2,1-3H3,(H,25,27)/t19-/m0/s1. The molecule has 4 rings (SSSR count). The SMILES string of the molecule is Cc1ccc(-n2ncc3c2CC(C)(C)C[C@@H]3NC(=O)c2ccncc2)cc1. The van der Waals surface area contributed by atoms with Crippen molar-refractivity contribution < 1.29 is 4.79 Å². The highest BCUT2D eigenvalue weighted by Gasteiger charge is 2.36. The maximum atomic E-state index is 12.7. The minimum atomic E-state index is -0.0749. The van der Waals surface area contributed by atoms with Crippen molar-refractivity contribution in [1.82, 2.24) is 20.1 Å². The predicted molar refractivity (Wildman–Crippen MR) is 105 cm³/mol. The molecule has 3 aromatic rings. The highest BCUT2D eigenvalue weighted by molar-refractivity contribution is 5.94. The van der Waals surface area contributed by atoms with Gasteiger partial charge in [-0.3, -0.25) is 9.78 Å². The summed E-state index contributed by atoms with van der Waals surface area (Å²) in [6.45, 7) is 6.57. The molecule has 1 amide bonds. The van der Waals surface area contributed by atoms with Crippen molar-refractivity contribution in [3.05, 3.63) is 77.4 Å². The molecule has 0 radical (unpaired) electrons. The Balaban J connectivity index is 1.68. The quantitative estimate of drug-likeness (QED) is 0.767. The average molecular weight is 360 g/mol. The van der Waals surface area contributed by atoms with Gasteiger partial charge in [0.25, 0.3) is 5.91 Å². The van der Waals surface area contributed by atoms with Gasteiger partial charge in [-0.1, -0.05) is 31.5 Å². The molecule has 2 heterocycles. The molecule has 138 valence electrons. The Bertz CT molecular complexity index is 958. The van der Waals surface area contributed by atoms with Crippen LogP contribution >= 0.6 is 0 Å². The second kappa shape index (κ2) is 6.65. The van der Waals surface area contributed by atoms with Crippen LogP contribution in [0.25, 0.3) is 5.69 Å². The fourth-order valence-corrected chi connectivity index (χ4v) is 3.82. The fraction of sp³-hybridized carbons (Fsp3) is 0.318. The first-order chi connectivity index (χ1) is 12.9. The number of pyridine rings is 1. The van der Waals surface area contributed by atoms with Gasteiger partial charge >= 0.3 is 0 Å². The van der Waals surface area contributed by atoms with E-state index in [9.17, 15) is 4.79 Å². The van der Waals surface area contributed by atoms with Crippen LogP contribution in [0, 0.1) is 12.3 Å². The zero-order valence-corrected chi connectivity index (χ0v) is 15.9. The number of amides is 1. The largest absolute Gasteiger partial charge is 0.345 e. The predicted octanol–water partition coefficient (Wildman–Crippen LogP) is 4.02. The Morgan fingerprint density at radius 3 is 2.56 bits per heavy atom. The Kier molecular flexibility index (Phi) is 4.30. The summed E-state index contributed by atoms with van der Waals surface area (Å²) in [5.74, 6) is -0.0749. The molecule has 0 bridgehead atoms. The lowest BCUT2D eigenvalue weighted by molar-refractivity contribution is 0.0919. The second-order valence-electron chi connectivity index (χ2n) is 8.10. The lowest BCUT2D eigenvalue weighted by Gasteiger charge is -2.36. The number of rotatable bonds is 3. The van der Waals surface area contributed by atoms with Gasteiger partial charge in [0.1, 0.15) is 0 Å². The second-order valence-corrected chi connectivity index (χ2v) is 8.10. The van der Waals surface area contributed by atoms with E-state index in [2.05, 4.69) is 60.4 Å². The minimum Gasteiger partial charge on any atom is -0.345 e. The first-order valence-electron chi connectivity index (χ1n) is 9.28. The number of carbonyl (C=O) groups is 1. The van der Waals surface area contributed by atoms with Gasteiger partial charge in [0, 0.05) is 23.5 Å². The van der Waals surface area contributed by atoms with Crippen molar-refractivity contribution in [2.24, 2.45) is 5.41 Å². The number of hydrogen-bond acceptors (Lipinski definition) is 3. The number of fused-ring (bicyclic) bond motifs is 1. The molecule has 0 spiro atoms. The van der Waals surface area contributed by atoms with E-state index in [1.807, 2.05) is 10.9 Å². The number of benzene rings is 1. The summed E-state index contributed by atoms with van der Waals surface area (Å²) in [5, 5.41) is 7.85. The van der Waals surface area contributed by atoms with Gasteiger partial charge in [-0.2, -0.15) is 5.10 Å². The van der Waals surface area contributed by atoms with Crippen LogP contribution in [0.4, 0.5) is 0 Å². The third-order valence-electron chi connectivity index (χ3n) is 5.21. The van der Waals surface area contributed by atoms with E-state index >= 15 is 0 Å². The maximum Gasteiger partial charge on any atom is 0.251 e. The van der Waals surface area contributed by atoms with Crippen molar-refractivity contribution in [2.45, 2.75) is 39.7 Å². The smallest absolute Gasteiger partial charge is 0.251 e. The Morgan fingerprint density at radius 1 is 1.15 bits per heavy atom. The van der Waals surface area contributed by atoms with Crippen LogP contribution in [-0.2, 0) is 6.42 Å². The number of carbonyl (C=O) groups excluding carboxylic acids is 1. The third kappa shape index (κ3) is 3.50. The summed E-state index contributed by atoms with van der Waals surface area (Å²) >= 11 is 0. The molecule has 0 saturated heterocycles. The van der Waals surface area contributed by atoms with Crippen LogP contribution in [-0.4, -0.2) is 20.7 Å². The fourth-order valence-electron chi connectivity index (χ4n) is 3.82. The summed E-state index contributed by atoms with van der Waals surface area (Å²) in [6, 6.07) is 11.8. The van der Waals surface area contributed by atoms with Crippen molar-refractivity contribution in [3.8, 4) is 5.69 Å². The van der Waals surface area contributed by atoms with Crippen molar-refractivity contribution >= 4 is 5.91 Å². The summed E-state index contributed by atoms with van der Waals surface area (Å²) in [7, 11) is 0. The highest BCUT2D eigenvalue weighted by atomic mass is 16.1. The van der Waals surface area contributed by atoms with E-state index in [-0.39, 0.29) is 17.4 Å². The van der Waals surface area contributed by atoms with Gasteiger partial charge in [-0.15, -0.1) is 0 Å². The van der Waals surface area contributed by atoms with Crippen molar-refractivity contribution in [1.29, 1.82) is 0 Å². The molecule has 5 heteroatoms. The van der Waals surface area contributed by atoms with Crippen molar-refractivity contribution in [2.75, 3.05) is 0 Å². The monoisotopic (exact) mass is 360 g/mol. The Morgan fingerprint density at radius 2 is 1.85 bits per heavy atom. The highest BCUT2D eigenvalue weighted by Crippen LogP contribution is 2.41. The van der Waals surface area contributed by atoms with Crippen LogP contribution in [0.1, 0.15) is 53.5 Å². The molecule has 0 fully saturated rings. The van der Waals surface area contributed by atoms with Gasteiger partial charge < -0.3 is 5.32 Å². The summed E-state index contributed by atoms with van der Waals surface area (Å²) in [5.41, 5.74) is 5.26. The van der Waals surface area contributed by atoms with Gasteiger partial charge in [0.05, 0.1) is 23.6 Å². The topological polar surface area (TPSA) is 59.8 Å². The Hall–Kier alpha value is -2.95. The molecule has 2 aromatic heterocycles. The summed E-state index contributed by atoms with van der Waals surface area (Å²) < 4.78 is 2.02. The maximum absolute atomic E-state index is 12.7. The van der Waals surface area contributed by atoms with E-state index < -0.39 is 0 Å². The summed E-state index contributed by atoms with van der Waals surface area (Å²) in [6.07, 6.45) is 7.00. The summed E-state index contributed by atoms with van der Waals surface area (Å²) in [4.78, 5) is 16.7. The van der Waals surface area contributed by atoms with Gasteiger partial charge in [0.15, 0.2) is 0 Å². The van der Waals surface area contributed by atoms with Crippen LogP contribution in [0.5, 0.6) is 0 Å². The number of hydrogen-bond donors (Lipinski definition) is 1. The molecule has 0 unspecified atom stereocenters. The van der Waals surface area contributed by atoms with Crippen LogP contribution < -0.4 is 5.32 Å². The third-order valence-corrected chi connectivity index (χ3v) is 5.21. The first kappa shape index (κ1) is 17.5. The molecule has 1 aromatic carbocycles. The van der Waals surface area contributed by atoms with E-state index in [0.29, 0.717) is 5.56 Å². The average Bonchev–Trinajstić information content (AvgIpc) is 3.05. The van der Waals surface area contributed by atoms with Gasteiger partial charge in [-0.25, -0.2) is 4.68 Å². The van der Waals surface area contributed by atoms with Crippen LogP contribution in [0.15, 0.2) is 55.0 Å². The molecule has 0 saturated carbocycles. The molecule has 1 aliphatic rings. The molecule has 1 atom stereocenters. The van der Waals surface area contributed by atoms with Crippen LogP contribution in [0.3, 0.4) is 0 Å². The lowest BCUT2D eigenvalue weighted by Crippen LogP contribution is -2.36. The normalized spacial score (nSPS) is 18.0. The molecule has 5 nitrogen and oxygen atoms in total. The molecule has 1 N–H and O–H groups in total.